The van der Waals surface area contributed by atoms with Crippen LogP contribution in [0.4, 0.5) is 13.2 Å². The van der Waals surface area contributed by atoms with Crippen LogP contribution < -0.4 is 0 Å². The SMILES string of the molecule is Cn1nc2c(c1-c1cc(F)c(F)c(F)c1)CCN(C(=O)c1ccc3ncccc3n1)C2. The summed E-state index contributed by atoms with van der Waals surface area (Å²) in [4.78, 5) is 23.3. The van der Waals surface area contributed by atoms with Crippen molar-refractivity contribution < 1.29 is 18.0 Å². The second-order valence-corrected chi connectivity index (χ2v) is 7.37. The maximum Gasteiger partial charge on any atom is 0.272 e. The summed E-state index contributed by atoms with van der Waals surface area (Å²) in [5.41, 5.74) is 3.77. The lowest BCUT2D eigenvalue weighted by molar-refractivity contribution is 0.0727. The molecule has 1 aliphatic rings. The highest BCUT2D eigenvalue weighted by molar-refractivity contribution is 5.94. The van der Waals surface area contributed by atoms with Crippen LogP contribution in [0.1, 0.15) is 21.7 Å². The molecule has 0 spiro atoms. The molecule has 5 rings (SSSR count). The summed E-state index contributed by atoms with van der Waals surface area (Å²) >= 11 is 0. The first-order valence-electron chi connectivity index (χ1n) is 9.63. The van der Waals surface area contributed by atoms with Crippen LogP contribution in [-0.2, 0) is 20.0 Å². The molecule has 3 aromatic heterocycles. The highest BCUT2D eigenvalue weighted by Crippen LogP contribution is 2.32. The van der Waals surface area contributed by atoms with E-state index in [0.29, 0.717) is 41.1 Å². The Bertz CT molecular complexity index is 1330. The van der Waals surface area contributed by atoms with Crippen LogP contribution in [0, 0.1) is 17.5 Å². The van der Waals surface area contributed by atoms with Gasteiger partial charge in [0.2, 0.25) is 0 Å². The second kappa shape index (κ2) is 7.19. The molecule has 0 atom stereocenters. The van der Waals surface area contributed by atoms with Crippen molar-refractivity contribution in [1.29, 1.82) is 0 Å². The number of aryl methyl sites for hydroxylation is 1. The minimum Gasteiger partial charge on any atom is -0.331 e. The van der Waals surface area contributed by atoms with Crippen LogP contribution in [0.25, 0.3) is 22.3 Å². The topological polar surface area (TPSA) is 63.9 Å². The van der Waals surface area contributed by atoms with Gasteiger partial charge in [-0.3, -0.25) is 14.5 Å². The number of benzene rings is 1. The van der Waals surface area contributed by atoms with Gasteiger partial charge in [-0.25, -0.2) is 18.2 Å². The van der Waals surface area contributed by atoms with Gasteiger partial charge in [-0.1, -0.05) is 0 Å². The van der Waals surface area contributed by atoms with Crippen LogP contribution in [0.15, 0.2) is 42.6 Å². The monoisotopic (exact) mass is 423 g/mol. The van der Waals surface area contributed by atoms with Crippen molar-refractivity contribution in [3.8, 4) is 11.3 Å². The lowest BCUT2D eigenvalue weighted by atomic mass is 9.99. The predicted molar refractivity (Wildman–Crippen MR) is 107 cm³/mol. The molecule has 6 nitrogen and oxygen atoms in total. The molecule has 1 aliphatic heterocycles. The molecule has 0 bridgehead atoms. The van der Waals surface area contributed by atoms with Crippen molar-refractivity contribution >= 4 is 16.9 Å². The van der Waals surface area contributed by atoms with E-state index in [-0.39, 0.29) is 18.0 Å². The van der Waals surface area contributed by atoms with Crippen LogP contribution in [0.2, 0.25) is 0 Å². The molecule has 1 aromatic carbocycles. The second-order valence-electron chi connectivity index (χ2n) is 7.37. The number of carbonyl (C=O) groups is 1. The number of amides is 1. The number of hydrogen-bond donors (Lipinski definition) is 0. The van der Waals surface area contributed by atoms with Crippen molar-refractivity contribution in [1.82, 2.24) is 24.6 Å². The molecule has 1 amide bonds. The summed E-state index contributed by atoms with van der Waals surface area (Å²) in [5, 5.41) is 4.44. The maximum absolute atomic E-state index is 13.8. The standard InChI is InChI=1S/C22H16F3N5O/c1-29-21(12-9-14(23)20(25)15(24)10-12)13-6-8-30(11-19(13)28-29)22(31)18-5-4-16-17(27-18)3-2-7-26-16/h2-5,7,9-10H,6,8,11H2,1H3. The van der Waals surface area contributed by atoms with Gasteiger partial charge in [0, 0.05) is 30.9 Å². The highest BCUT2D eigenvalue weighted by atomic mass is 19.2. The van der Waals surface area contributed by atoms with E-state index in [0.717, 1.165) is 17.7 Å². The quantitative estimate of drug-likeness (QED) is 0.462. The minimum atomic E-state index is -1.50. The van der Waals surface area contributed by atoms with E-state index in [1.54, 1.807) is 42.4 Å². The van der Waals surface area contributed by atoms with Crippen molar-refractivity contribution in [2.24, 2.45) is 7.05 Å². The van der Waals surface area contributed by atoms with E-state index in [1.165, 1.54) is 4.68 Å². The van der Waals surface area contributed by atoms with Gasteiger partial charge in [-0.15, -0.1) is 0 Å². The van der Waals surface area contributed by atoms with Gasteiger partial charge < -0.3 is 4.90 Å². The Morgan fingerprint density at radius 2 is 1.84 bits per heavy atom. The number of halogens is 3. The molecule has 0 radical (unpaired) electrons. The van der Waals surface area contributed by atoms with Crippen LogP contribution in [0.5, 0.6) is 0 Å². The summed E-state index contributed by atoms with van der Waals surface area (Å²) in [6.45, 7) is 0.629. The number of pyridine rings is 2. The molecule has 0 saturated heterocycles. The average Bonchev–Trinajstić information content (AvgIpc) is 3.11. The largest absolute Gasteiger partial charge is 0.331 e. The summed E-state index contributed by atoms with van der Waals surface area (Å²) in [5.74, 6) is -4.25. The first-order chi connectivity index (χ1) is 14.9. The Morgan fingerprint density at radius 1 is 1.06 bits per heavy atom. The molecule has 0 aliphatic carbocycles. The van der Waals surface area contributed by atoms with Gasteiger partial charge in [0.05, 0.1) is 29.0 Å². The summed E-state index contributed by atoms with van der Waals surface area (Å²) < 4.78 is 42.4. The van der Waals surface area contributed by atoms with Crippen molar-refractivity contribution in [3.05, 3.63) is 77.0 Å². The smallest absolute Gasteiger partial charge is 0.272 e. The van der Waals surface area contributed by atoms with Gasteiger partial charge in [0.15, 0.2) is 17.5 Å². The summed E-state index contributed by atoms with van der Waals surface area (Å²) in [6.07, 6.45) is 2.11. The van der Waals surface area contributed by atoms with Crippen molar-refractivity contribution in [2.75, 3.05) is 6.54 Å². The lowest BCUT2D eigenvalue weighted by Gasteiger charge is -2.26. The number of nitrogens with zero attached hydrogens (tertiary/aromatic N) is 5. The van der Waals surface area contributed by atoms with E-state index >= 15 is 0 Å². The van der Waals surface area contributed by atoms with E-state index in [9.17, 15) is 18.0 Å². The third kappa shape index (κ3) is 3.22. The van der Waals surface area contributed by atoms with E-state index in [2.05, 4.69) is 15.1 Å². The van der Waals surface area contributed by atoms with E-state index in [1.807, 2.05) is 0 Å². The van der Waals surface area contributed by atoms with Crippen LogP contribution >= 0.6 is 0 Å². The maximum atomic E-state index is 13.8. The van der Waals surface area contributed by atoms with Gasteiger partial charge in [0.25, 0.3) is 5.91 Å². The Morgan fingerprint density at radius 3 is 2.61 bits per heavy atom. The first-order valence-corrected chi connectivity index (χ1v) is 9.63. The molecule has 0 saturated carbocycles. The molecule has 4 heterocycles. The molecule has 9 heteroatoms. The predicted octanol–water partition coefficient (Wildman–Crippen LogP) is 3.65. The van der Waals surface area contributed by atoms with Gasteiger partial charge >= 0.3 is 0 Å². The lowest BCUT2D eigenvalue weighted by Crippen LogP contribution is -2.36. The average molecular weight is 423 g/mol. The third-order valence-corrected chi connectivity index (χ3v) is 5.42. The molecule has 31 heavy (non-hydrogen) atoms. The normalized spacial score (nSPS) is 13.5. The zero-order chi connectivity index (χ0) is 21.7. The fourth-order valence-corrected chi connectivity index (χ4v) is 3.98. The number of rotatable bonds is 2. The number of fused-ring (bicyclic) bond motifs is 2. The Labute approximate surface area is 175 Å². The molecule has 156 valence electrons. The zero-order valence-electron chi connectivity index (χ0n) is 16.4. The first kappa shape index (κ1) is 19.2. The van der Waals surface area contributed by atoms with Gasteiger partial charge in [-0.2, -0.15) is 5.10 Å². The number of hydrogen-bond acceptors (Lipinski definition) is 4. The van der Waals surface area contributed by atoms with Crippen molar-refractivity contribution in [3.63, 3.8) is 0 Å². The van der Waals surface area contributed by atoms with Gasteiger partial charge in [-0.05, 0) is 42.8 Å². The molecule has 0 unspecified atom stereocenters. The third-order valence-electron chi connectivity index (χ3n) is 5.42. The van der Waals surface area contributed by atoms with Crippen LogP contribution in [-0.4, -0.2) is 37.1 Å². The highest BCUT2D eigenvalue weighted by Gasteiger charge is 2.29. The van der Waals surface area contributed by atoms with Crippen LogP contribution in [0.3, 0.4) is 0 Å². The fraction of sp³-hybridized carbons (Fsp3) is 0.182. The molecule has 4 aromatic rings. The zero-order valence-corrected chi connectivity index (χ0v) is 16.4. The Kier molecular flexibility index (Phi) is 4.46. The molecular formula is C22H16F3N5O. The Balaban J connectivity index is 1.46. The summed E-state index contributed by atoms with van der Waals surface area (Å²) in [7, 11) is 1.65. The number of carbonyl (C=O) groups excluding carboxylic acids is 1. The number of aromatic nitrogens is 4. The molecular weight excluding hydrogens is 407 g/mol. The van der Waals surface area contributed by atoms with E-state index in [4.69, 9.17) is 0 Å². The summed E-state index contributed by atoms with van der Waals surface area (Å²) in [6, 6.07) is 8.86. The van der Waals surface area contributed by atoms with E-state index < -0.39 is 17.5 Å². The Hall–Kier alpha value is -3.75. The fourth-order valence-electron chi connectivity index (χ4n) is 3.98. The molecule has 0 N–H and O–H groups in total. The minimum absolute atomic E-state index is 0.205. The van der Waals surface area contributed by atoms with Gasteiger partial charge in [0.1, 0.15) is 5.69 Å². The van der Waals surface area contributed by atoms with Crippen molar-refractivity contribution in [2.45, 2.75) is 13.0 Å². The molecule has 0 fully saturated rings.